The van der Waals surface area contributed by atoms with E-state index in [4.69, 9.17) is 9.47 Å². The van der Waals surface area contributed by atoms with Crippen LogP contribution in [0.15, 0.2) is 41.8 Å². The van der Waals surface area contributed by atoms with E-state index in [-0.39, 0.29) is 32.2 Å². The van der Waals surface area contributed by atoms with Crippen LogP contribution in [-0.2, 0) is 25.6 Å². The highest BCUT2D eigenvalue weighted by atomic mass is 32.1. The minimum absolute atomic E-state index is 0.00860. The lowest BCUT2D eigenvalue weighted by molar-refractivity contribution is -0.144. The van der Waals surface area contributed by atoms with Crippen molar-refractivity contribution in [1.82, 2.24) is 4.90 Å². The van der Waals surface area contributed by atoms with Gasteiger partial charge in [0.1, 0.15) is 5.00 Å². The Morgan fingerprint density at radius 3 is 2.39 bits per heavy atom. The number of benzene rings is 1. The molecule has 1 N–H and O–H groups in total. The monoisotopic (exact) mass is 404 g/mol. The highest BCUT2D eigenvalue weighted by Gasteiger charge is 2.19. The fourth-order valence-electron chi connectivity index (χ4n) is 2.54. The fraction of sp³-hybridized carbons (Fsp3) is 0.350. The van der Waals surface area contributed by atoms with Crippen molar-refractivity contribution in [2.24, 2.45) is 0 Å². The molecule has 7 nitrogen and oxygen atoms in total. The van der Waals surface area contributed by atoms with Crippen molar-refractivity contribution in [2.75, 3.05) is 31.6 Å². The summed E-state index contributed by atoms with van der Waals surface area (Å²) in [6, 6.07) is 11.2. The second-order valence-electron chi connectivity index (χ2n) is 5.87. The molecule has 0 atom stereocenters. The first-order valence-electron chi connectivity index (χ1n) is 8.99. The van der Waals surface area contributed by atoms with E-state index < -0.39 is 11.9 Å². The smallest absolute Gasteiger partial charge is 0.341 e. The zero-order valence-electron chi connectivity index (χ0n) is 16.0. The summed E-state index contributed by atoms with van der Waals surface area (Å²) in [6.45, 7) is 4.38. The molecule has 150 valence electrons. The summed E-state index contributed by atoms with van der Waals surface area (Å²) in [5.74, 6) is -1.20. The van der Waals surface area contributed by atoms with Crippen LogP contribution < -0.4 is 5.32 Å². The number of hydrogen-bond donors (Lipinski definition) is 1. The van der Waals surface area contributed by atoms with Crippen molar-refractivity contribution < 1.29 is 23.9 Å². The molecule has 0 bridgehead atoms. The Bertz CT molecular complexity index is 791. The third-order valence-corrected chi connectivity index (χ3v) is 4.52. The van der Waals surface area contributed by atoms with Gasteiger partial charge in [-0.2, -0.15) is 0 Å². The van der Waals surface area contributed by atoms with Crippen LogP contribution in [0, 0.1) is 0 Å². The number of carbonyl (C=O) groups is 3. The van der Waals surface area contributed by atoms with Crippen molar-refractivity contribution >= 4 is 34.2 Å². The molecule has 1 aromatic heterocycles. The molecule has 2 rings (SSSR count). The number of amides is 1. The van der Waals surface area contributed by atoms with Crippen LogP contribution in [0.3, 0.4) is 0 Å². The maximum Gasteiger partial charge on any atom is 0.341 e. The van der Waals surface area contributed by atoms with Gasteiger partial charge in [0.2, 0.25) is 5.91 Å². The van der Waals surface area contributed by atoms with E-state index in [2.05, 4.69) is 5.32 Å². The third kappa shape index (κ3) is 6.79. The second-order valence-corrected chi connectivity index (χ2v) is 6.78. The van der Waals surface area contributed by atoms with E-state index in [0.29, 0.717) is 17.1 Å². The number of ether oxygens (including phenoxy) is 2. The lowest BCUT2D eigenvalue weighted by atomic mass is 10.2. The van der Waals surface area contributed by atoms with Crippen LogP contribution in [-0.4, -0.2) is 49.0 Å². The summed E-state index contributed by atoms with van der Waals surface area (Å²) in [4.78, 5) is 38.1. The first kappa shape index (κ1) is 21.6. The van der Waals surface area contributed by atoms with Gasteiger partial charge in [-0.25, -0.2) is 4.79 Å². The Labute approximate surface area is 168 Å². The Morgan fingerprint density at radius 2 is 1.71 bits per heavy atom. The number of hydrogen-bond acceptors (Lipinski definition) is 7. The zero-order valence-corrected chi connectivity index (χ0v) is 16.8. The second kappa shape index (κ2) is 11.2. The van der Waals surface area contributed by atoms with Crippen LogP contribution in [0.5, 0.6) is 0 Å². The number of rotatable bonds is 10. The maximum atomic E-state index is 12.5. The molecule has 8 heteroatoms. The molecule has 1 heterocycles. The minimum Gasteiger partial charge on any atom is -0.465 e. The van der Waals surface area contributed by atoms with E-state index in [0.717, 1.165) is 5.56 Å². The van der Waals surface area contributed by atoms with Gasteiger partial charge in [-0.3, -0.25) is 14.5 Å². The normalized spacial score (nSPS) is 10.5. The Morgan fingerprint density at radius 1 is 1.00 bits per heavy atom. The molecule has 0 spiro atoms. The Balaban J connectivity index is 2.04. The fourth-order valence-corrected chi connectivity index (χ4v) is 3.33. The van der Waals surface area contributed by atoms with Gasteiger partial charge in [0.15, 0.2) is 0 Å². The molecular formula is C20H24N2O5S. The highest BCUT2D eigenvalue weighted by molar-refractivity contribution is 7.14. The van der Waals surface area contributed by atoms with E-state index in [9.17, 15) is 14.4 Å². The van der Waals surface area contributed by atoms with Gasteiger partial charge in [-0.05, 0) is 30.9 Å². The first-order chi connectivity index (χ1) is 13.5. The Kier molecular flexibility index (Phi) is 8.64. The molecule has 0 radical (unpaired) electrons. The molecular weight excluding hydrogens is 380 g/mol. The highest BCUT2D eigenvalue weighted by Crippen LogP contribution is 2.24. The number of carbonyl (C=O) groups excluding carboxylic acids is 3. The first-order valence-corrected chi connectivity index (χ1v) is 9.87. The summed E-state index contributed by atoms with van der Waals surface area (Å²) in [6.07, 6.45) is 0. The molecule has 0 saturated carbocycles. The average molecular weight is 404 g/mol. The average Bonchev–Trinajstić information content (AvgIpc) is 3.11. The van der Waals surface area contributed by atoms with Gasteiger partial charge >= 0.3 is 11.9 Å². The molecule has 0 aliphatic rings. The van der Waals surface area contributed by atoms with Gasteiger partial charge < -0.3 is 14.8 Å². The summed E-state index contributed by atoms with van der Waals surface area (Å²) < 4.78 is 10.00. The van der Waals surface area contributed by atoms with Gasteiger partial charge in [-0.1, -0.05) is 30.3 Å². The van der Waals surface area contributed by atoms with E-state index in [1.807, 2.05) is 30.3 Å². The summed E-state index contributed by atoms with van der Waals surface area (Å²) >= 11 is 1.24. The lowest BCUT2D eigenvalue weighted by Crippen LogP contribution is -2.37. The van der Waals surface area contributed by atoms with Crippen molar-refractivity contribution in [2.45, 2.75) is 20.4 Å². The van der Waals surface area contributed by atoms with Gasteiger partial charge in [0.05, 0.1) is 31.9 Å². The van der Waals surface area contributed by atoms with Gasteiger partial charge in [0, 0.05) is 6.54 Å². The van der Waals surface area contributed by atoms with Crippen LogP contribution in [0.1, 0.15) is 29.8 Å². The van der Waals surface area contributed by atoms with E-state index in [1.54, 1.807) is 30.2 Å². The topological polar surface area (TPSA) is 84.9 Å². The third-order valence-electron chi connectivity index (χ3n) is 3.69. The van der Waals surface area contributed by atoms with Crippen LogP contribution >= 0.6 is 11.3 Å². The Hall–Kier alpha value is -2.71. The molecule has 2 aromatic rings. The number of esters is 2. The van der Waals surface area contributed by atoms with Gasteiger partial charge in [-0.15, -0.1) is 11.3 Å². The largest absolute Gasteiger partial charge is 0.465 e. The molecule has 1 aromatic carbocycles. The molecule has 28 heavy (non-hydrogen) atoms. The van der Waals surface area contributed by atoms with Crippen molar-refractivity contribution in [1.29, 1.82) is 0 Å². The number of nitrogens with one attached hydrogen (secondary N) is 1. The molecule has 1 amide bonds. The zero-order chi connectivity index (χ0) is 20.4. The van der Waals surface area contributed by atoms with Crippen LogP contribution in [0.2, 0.25) is 0 Å². The molecule has 0 saturated heterocycles. The molecule has 0 aliphatic carbocycles. The standard InChI is InChI=1S/C20H24N2O5S/c1-3-26-18(24)14-22(12-15-8-6-5-7-9-15)13-17(23)21-19-16(10-11-28-19)20(25)27-4-2/h5-11H,3-4,12-14H2,1-2H3,(H,21,23). The van der Waals surface area contributed by atoms with Crippen molar-refractivity contribution in [3.8, 4) is 0 Å². The molecule has 0 unspecified atom stereocenters. The number of nitrogens with zero attached hydrogens (tertiary/aromatic N) is 1. The predicted octanol–water partition coefficient (Wildman–Crippen LogP) is 2.93. The van der Waals surface area contributed by atoms with Crippen molar-refractivity contribution in [3.05, 3.63) is 52.9 Å². The minimum atomic E-state index is -0.480. The van der Waals surface area contributed by atoms with Gasteiger partial charge in [0.25, 0.3) is 0 Å². The molecule has 0 aliphatic heterocycles. The lowest BCUT2D eigenvalue weighted by Gasteiger charge is -2.21. The SMILES string of the molecule is CCOC(=O)CN(CC(=O)Nc1sccc1C(=O)OCC)Cc1ccccc1. The summed E-state index contributed by atoms with van der Waals surface area (Å²) in [7, 11) is 0. The van der Waals surface area contributed by atoms with Crippen molar-refractivity contribution in [3.63, 3.8) is 0 Å². The maximum absolute atomic E-state index is 12.5. The van der Waals surface area contributed by atoms with Crippen LogP contribution in [0.25, 0.3) is 0 Å². The summed E-state index contributed by atoms with van der Waals surface area (Å²) in [5.41, 5.74) is 1.29. The number of thiophene rings is 1. The quantitative estimate of drug-likeness (QED) is 0.613. The summed E-state index contributed by atoms with van der Waals surface area (Å²) in [5, 5.41) is 4.88. The van der Waals surface area contributed by atoms with E-state index >= 15 is 0 Å². The number of anilines is 1. The predicted molar refractivity (Wildman–Crippen MR) is 107 cm³/mol. The van der Waals surface area contributed by atoms with Crippen LogP contribution in [0.4, 0.5) is 5.00 Å². The molecule has 0 fully saturated rings. The van der Waals surface area contributed by atoms with E-state index in [1.165, 1.54) is 11.3 Å².